The average Bonchev–Trinajstić information content (AvgIpc) is 2.12. The molecule has 1 aliphatic rings. The summed E-state index contributed by atoms with van der Waals surface area (Å²) in [6.45, 7) is 1.42. The first kappa shape index (κ1) is 7.97. The summed E-state index contributed by atoms with van der Waals surface area (Å²) in [5.74, 6) is 0. The molecule has 1 fully saturated rings. The second-order valence-corrected chi connectivity index (χ2v) is 4.29. The highest BCUT2D eigenvalue weighted by atomic mass is 32.2. The van der Waals surface area contributed by atoms with Crippen LogP contribution in [0.2, 0.25) is 0 Å². The molecule has 0 saturated carbocycles. The summed E-state index contributed by atoms with van der Waals surface area (Å²) in [6.07, 6.45) is 2.01. The zero-order valence-electron chi connectivity index (χ0n) is 5.87. The van der Waals surface area contributed by atoms with Crippen molar-refractivity contribution in [1.82, 2.24) is 10.0 Å². The van der Waals surface area contributed by atoms with Crippen molar-refractivity contribution >= 4 is 10.0 Å². The summed E-state index contributed by atoms with van der Waals surface area (Å²) in [5.41, 5.74) is 0. The van der Waals surface area contributed by atoms with E-state index in [9.17, 15) is 8.42 Å². The Morgan fingerprint density at radius 3 is 2.70 bits per heavy atom. The van der Waals surface area contributed by atoms with Crippen molar-refractivity contribution in [1.29, 1.82) is 0 Å². The molecule has 1 saturated heterocycles. The molecule has 4 nitrogen and oxygen atoms in total. The van der Waals surface area contributed by atoms with E-state index in [1.54, 1.807) is 0 Å². The number of nitrogens with zero attached hydrogens (tertiary/aromatic N) is 1. The number of nitrogens with one attached hydrogen (secondary N) is 1. The summed E-state index contributed by atoms with van der Waals surface area (Å²) in [6, 6.07) is 0.0509. The zero-order chi connectivity index (χ0) is 7.61. The first-order chi connectivity index (χ1) is 4.58. The maximum absolute atomic E-state index is 10.6. The summed E-state index contributed by atoms with van der Waals surface area (Å²) in [4.78, 5) is 0. The second kappa shape index (κ2) is 2.86. The standard InChI is InChI=1S/C5H11N2O2S/c1-10(8,9)7-5-2-3-6-4-5/h5,7H,2-4H2,1H3/t5-/m1/s1. The Balaban J connectivity index is 2.38. The molecule has 1 atom stereocenters. The van der Waals surface area contributed by atoms with Crippen LogP contribution in [0.5, 0.6) is 0 Å². The fourth-order valence-electron chi connectivity index (χ4n) is 0.984. The van der Waals surface area contributed by atoms with E-state index in [0.29, 0.717) is 6.54 Å². The Morgan fingerprint density at radius 1 is 1.60 bits per heavy atom. The Labute approximate surface area is 61.1 Å². The average molecular weight is 163 g/mol. The van der Waals surface area contributed by atoms with Gasteiger partial charge in [-0.2, -0.15) is 0 Å². The number of hydrogen-bond acceptors (Lipinski definition) is 2. The van der Waals surface area contributed by atoms with Gasteiger partial charge in [0.15, 0.2) is 0 Å². The minimum Gasteiger partial charge on any atom is -0.240 e. The summed E-state index contributed by atoms with van der Waals surface area (Å²) >= 11 is 0. The molecule has 1 heterocycles. The zero-order valence-corrected chi connectivity index (χ0v) is 6.69. The van der Waals surface area contributed by atoms with Gasteiger partial charge in [-0.05, 0) is 6.42 Å². The molecule has 10 heavy (non-hydrogen) atoms. The molecule has 1 aliphatic heterocycles. The van der Waals surface area contributed by atoms with Crippen molar-refractivity contribution in [2.75, 3.05) is 19.3 Å². The van der Waals surface area contributed by atoms with Crippen LogP contribution >= 0.6 is 0 Å². The van der Waals surface area contributed by atoms with Crippen LogP contribution in [0.25, 0.3) is 0 Å². The fraction of sp³-hybridized carbons (Fsp3) is 1.00. The Morgan fingerprint density at radius 2 is 2.30 bits per heavy atom. The van der Waals surface area contributed by atoms with Crippen LogP contribution in [0.4, 0.5) is 0 Å². The molecular formula is C5H11N2O2S. The van der Waals surface area contributed by atoms with Gasteiger partial charge in [0.25, 0.3) is 0 Å². The monoisotopic (exact) mass is 163 g/mol. The van der Waals surface area contributed by atoms with Gasteiger partial charge in [-0.1, -0.05) is 0 Å². The first-order valence-corrected chi connectivity index (χ1v) is 5.07. The van der Waals surface area contributed by atoms with E-state index >= 15 is 0 Å². The molecule has 1 rings (SSSR count). The van der Waals surface area contributed by atoms with Gasteiger partial charge in [-0.3, -0.25) is 0 Å². The fourth-order valence-corrected chi connectivity index (χ4v) is 1.78. The van der Waals surface area contributed by atoms with Gasteiger partial charge < -0.3 is 0 Å². The predicted molar refractivity (Wildman–Crippen MR) is 38.3 cm³/mol. The van der Waals surface area contributed by atoms with Crippen molar-refractivity contribution < 1.29 is 8.42 Å². The van der Waals surface area contributed by atoms with Crippen molar-refractivity contribution in [3.63, 3.8) is 0 Å². The topological polar surface area (TPSA) is 60.3 Å². The van der Waals surface area contributed by atoms with Gasteiger partial charge in [-0.25, -0.2) is 18.5 Å². The lowest BCUT2D eigenvalue weighted by Gasteiger charge is -2.06. The third kappa shape index (κ3) is 2.64. The van der Waals surface area contributed by atoms with Crippen LogP contribution in [0.3, 0.4) is 0 Å². The highest BCUT2D eigenvalue weighted by molar-refractivity contribution is 7.88. The van der Waals surface area contributed by atoms with E-state index < -0.39 is 10.0 Å². The lowest BCUT2D eigenvalue weighted by Crippen LogP contribution is -2.34. The molecule has 1 N–H and O–H groups in total. The van der Waals surface area contributed by atoms with Gasteiger partial charge in [0.2, 0.25) is 10.0 Å². The summed E-state index contributed by atoms with van der Waals surface area (Å²) in [5, 5.41) is 4.02. The maximum Gasteiger partial charge on any atom is 0.208 e. The molecular weight excluding hydrogens is 152 g/mol. The molecule has 0 amide bonds. The molecule has 0 aliphatic carbocycles. The molecule has 0 bridgehead atoms. The number of hydrogen-bond donors (Lipinski definition) is 1. The van der Waals surface area contributed by atoms with Crippen LogP contribution in [-0.2, 0) is 10.0 Å². The van der Waals surface area contributed by atoms with Crippen LogP contribution in [-0.4, -0.2) is 33.8 Å². The Bertz CT molecular complexity index is 194. The highest BCUT2D eigenvalue weighted by Crippen LogP contribution is 1.99. The van der Waals surface area contributed by atoms with Gasteiger partial charge in [0, 0.05) is 19.1 Å². The van der Waals surface area contributed by atoms with Crippen molar-refractivity contribution in [3.8, 4) is 0 Å². The summed E-state index contributed by atoms with van der Waals surface area (Å²) < 4.78 is 23.8. The smallest absolute Gasteiger partial charge is 0.208 e. The second-order valence-electron chi connectivity index (χ2n) is 2.51. The van der Waals surface area contributed by atoms with Crippen molar-refractivity contribution in [3.05, 3.63) is 0 Å². The van der Waals surface area contributed by atoms with Crippen LogP contribution in [0.15, 0.2) is 0 Å². The molecule has 59 valence electrons. The third-order valence-electron chi connectivity index (χ3n) is 1.37. The third-order valence-corrected chi connectivity index (χ3v) is 2.13. The lowest BCUT2D eigenvalue weighted by atomic mass is 10.3. The van der Waals surface area contributed by atoms with Crippen LogP contribution in [0, 0.1) is 0 Å². The van der Waals surface area contributed by atoms with Crippen molar-refractivity contribution in [2.45, 2.75) is 12.5 Å². The largest absolute Gasteiger partial charge is 0.240 e. The highest BCUT2D eigenvalue weighted by Gasteiger charge is 2.18. The quantitative estimate of drug-likeness (QED) is 0.562. The van der Waals surface area contributed by atoms with Gasteiger partial charge >= 0.3 is 0 Å². The molecule has 0 aromatic rings. The predicted octanol–water partition coefficient (Wildman–Crippen LogP) is -1.09. The van der Waals surface area contributed by atoms with E-state index in [0.717, 1.165) is 13.0 Å². The molecule has 0 aromatic heterocycles. The summed E-state index contributed by atoms with van der Waals surface area (Å²) in [7, 11) is -3.02. The maximum atomic E-state index is 10.6. The minimum atomic E-state index is -3.02. The normalized spacial score (nSPS) is 27.1. The van der Waals surface area contributed by atoms with E-state index in [1.165, 1.54) is 6.26 Å². The minimum absolute atomic E-state index is 0.0509. The van der Waals surface area contributed by atoms with E-state index in [1.807, 2.05) is 0 Å². The number of rotatable bonds is 2. The van der Waals surface area contributed by atoms with E-state index in [-0.39, 0.29) is 6.04 Å². The van der Waals surface area contributed by atoms with Crippen molar-refractivity contribution in [2.24, 2.45) is 0 Å². The Hall–Kier alpha value is -0.130. The molecule has 0 spiro atoms. The Kier molecular flexibility index (Phi) is 2.28. The van der Waals surface area contributed by atoms with Gasteiger partial charge in [0.1, 0.15) is 0 Å². The molecule has 5 heteroatoms. The molecule has 1 radical (unpaired) electrons. The van der Waals surface area contributed by atoms with E-state index in [2.05, 4.69) is 10.0 Å². The molecule has 0 unspecified atom stereocenters. The van der Waals surface area contributed by atoms with E-state index in [4.69, 9.17) is 0 Å². The van der Waals surface area contributed by atoms with Crippen LogP contribution in [0.1, 0.15) is 6.42 Å². The lowest BCUT2D eigenvalue weighted by molar-refractivity contribution is 0.566. The van der Waals surface area contributed by atoms with Gasteiger partial charge in [-0.15, -0.1) is 0 Å². The van der Waals surface area contributed by atoms with Crippen LogP contribution < -0.4 is 10.0 Å². The number of sulfonamides is 1. The SMILES string of the molecule is CS(=O)(=O)N[C@@H]1CC[N]C1. The first-order valence-electron chi connectivity index (χ1n) is 3.18. The van der Waals surface area contributed by atoms with Gasteiger partial charge in [0.05, 0.1) is 6.26 Å². The molecule has 0 aromatic carbocycles.